The molecule has 5 nitrogen and oxygen atoms in total. The zero-order valence-corrected chi connectivity index (χ0v) is 12.3. The Balaban J connectivity index is 2.40. The number of halogens is 2. The quantitative estimate of drug-likeness (QED) is 0.894. The van der Waals surface area contributed by atoms with E-state index in [0.29, 0.717) is 19.4 Å². The van der Waals surface area contributed by atoms with Crippen LogP contribution in [0.1, 0.15) is 29.6 Å². The average molecular weight is 312 g/mol. The van der Waals surface area contributed by atoms with Crippen molar-refractivity contribution in [3.63, 3.8) is 0 Å². The van der Waals surface area contributed by atoms with Crippen LogP contribution in [0.25, 0.3) is 0 Å². The van der Waals surface area contributed by atoms with Crippen molar-refractivity contribution in [3.8, 4) is 0 Å². The minimum Gasteiger partial charge on any atom is -0.382 e. The van der Waals surface area contributed by atoms with Gasteiger partial charge in [0, 0.05) is 13.7 Å². The number of ether oxygens (including phenoxy) is 1. The zero-order valence-electron chi connectivity index (χ0n) is 12.3. The third-order valence-corrected chi connectivity index (χ3v) is 3.93. The number of carbonyl (C=O) groups excluding carboxylic acids is 2. The van der Waals surface area contributed by atoms with Gasteiger partial charge < -0.3 is 15.4 Å². The van der Waals surface area contributed by atoms with Crippen LogP contribution < -0.4 is 5.73 Å². The van der Waals surface area contributed by atoms with Gasteiger partial charge in [-0.25, -0.2) is 8.78 Å². The van der Waals surface area contributed by atoms with Crippen molar-refractivity contribution < 1.29 is 23.1 Å². The van der Waals surface area contributed by atoms with E-state index in [4.69, 9.17) is 10.5 Å². The number of hydrogen-bond acceptors (Lipinski definition) is 3. The molecule has 2 N–H and O–H groups in total. The van der Waals surface area contributed by atoms with Crippen LogP contribution in [0.3, 0.4) is 0 Å². The molecule has 120 valence electrons. The predicted molar refractivity (Wildman–Crippen MR) is 75.0 cm³/mol. The Bertz CT molecular complexity index is 574. The fourth-order valence-corrected chi connectivity index (χ4v) is 3.07. The van der Waals surface area contributed by atoms with Crippen LogP contribution in [-0.4, -0.2) is 42.5 Å². The topological polar surface area (TPSA) is 72.6 Å². The van der Waals surface area contributed by atoms with E-state index in [1.54, 1.807) is 0 Å². The number of primary amides is 1. The van der Waals surface area contributed by atoms with Gasteiger partial charge in [0.2, 0.25) is 5.91 Å². The zero-order chi connectivity index (χ0) is 16.3. The van der Waals surface area contributed by atoms with E-state index in [1.165, 1.54) is 18.1 Å². The molecule has 2 amide bonds. The van der Waals surface area contributed by atoms with Crippen LogP contribution in [0, 0.1) is 11.6 Å². The van der Waals surface area contributed by atoms with Gasteiger partial charge in [-0.1, -0.05) is 6.07 Å². The Morgan fingerprint density at radius 1 is 1.36 bits per heavy atom. The molecule has 1 fully saturated rings. The predicted octanol–water partition coefficient (Wildman–Crippen LogP) is 1.46. The molecule has 1 saturated heterocycles. The number of amides is 2. The van der Waals surface area contributed by atoms with Gasteiger partial charge in [0.05, 0.1) is 18.6 Å². The van der Waals surface area contributed by atoms with Crippen molar-refractivity contribution in [2.75, 3.05) is 20.3 Å². The molecular weight excluding hydrogens is 294 g/mol. The third-order valence-electron chi connectivity index (χ3n) is 3.93. The minimum atomic E-state index is -0.952. The molecule has 0 spiro atoms. The fraction of sp³-hybridized carbons (Fsp3) is 0.467. The minimum absolute atomic E-state index is 0.0811. The summed E-state index contributed by atoms with van der Waals surface area (Å²) >= 11 is 0. The van der Waals surface area contributed by atoms with Gasteiger partial charge in [-0.2, -0.15) is 0 Å². The molecule has 1 heterocycles. The second kappa shape index (κ2) is 6.39. The van der Waals surface area contributed by atoms with Crippen molar-refractivity contribution in [1.29, 1.82) is 0 Å². The molecule has 0 bridgehead atoms. The van der Waals surface area contributed by atoms with E-state index in [9.17, 15) is 18.4 Å². The maximum atomic E-state index is 13.8. The molecule has 2 rings (SSSR count). The van der Waals surface area contributed by atoms with Crippen LogP contribution in [0.5, 0.6) is 0 Å². The highest BCUT2D eigenvalue weighted by Gasteiger charge is 2.46. The standard InChI is InChI=1S/C15H18F2N2O3/c1-22-9-15(8-12(18)20)6-3-7-19(15)14(21)13-10(16)4-2-5-11(13)17/h2,4-5H,3,6-9H2,1H3,(H2,18,20)/t15-/m1/s1. The molecule has 0 radical (unpaired) electrons. The molecule has 1 aromatic carbocycles. The largest absolute Gasteiger partial charge is 0.382 e. The first kappa shape index (κ1) is 16.4. The molecule has 22 heavy (non-hydrogen) atoms. The van der Waals surface area contributed by atoms with Crippen LogP contribution >= 0.6 is 0 Å². The fourth-order valence-electron chi connectivity index (χ4n) is 3.07. The Kier molecular flexibility index (Phi) is 4.75. The molecule has 1 aliphatic rings. The summed E-state index contributed by atoms with van der Waals surface area (Å²) in [6.07, 6.45) is 0.993. The lowest BCUT2D eigenvalue weighted by molar-refractivity contribution is -0.121. The normalized spacial score (nSPS) is 21.1. The SMILES string of the molecule is COC[C@]1(CC(N)=O)CCCN1C(=O)c1c(F)cccc1F. The van der Waals surface area contributed by atoms with Gasteiger partial charge in [-0.3, -0.25) is 9.59 Å². The lowest BCUT2D eigenvalue weighted by Gasteiger charge is -2.37. The maximum absolute atomic E-state index is 13.8. The Labute approximate surface area is 127 Å². The van der Waals surface area contributed by atoms with Gasteiger partial charge in [0.25, 0.3) is 5.91 Å². The molecule has 0 aromatic heterocycles. The number of nitrogens with zero attached hydrogens (tertiary/aromatic N) is 1. The van der Waals surface area contributed by atoms with E-state index in [1.807, 2.05) is 0 Å². The molecule has 1 aromatic rings. The molecule has 0 saturated carbocycles. The van der Waals surface area contributed by atoms with Crippen molar-refractivity contribution in [2.45, 2.75) is 24.8 Å². The molecule has 7 heteroatoms. The van der Waals surface area contributed by atoms with E-state index >= 15 is 0 Å². The summed E-state index contributed by atoms with van der Waals surface area (Å²) in [5.74, 6) is -3.23. The van der Waals surface area contributed by atoms with Gasteiger partial charge in [0.1, 0.15) is 17.2 Å². The van der Waals surface area contributed by atoms with Crippen LogP contribution in [0.4, 0.5) is 8.78 Å². The van der Waals surface area contributed by atoms with Crippen LogP contribution in [0.2, 0.25) is 0 Å². The first-order valence-electron chi connectivity index (χ1n) is 6.94. The van der Waals surface area contributed by atoms with Crippen molar-refractivity contribution >= 4 is 11.8 Å². The summed E-state index contributed by atoms with van der Waals surface area (Å²) in [6, 6.07) is 3.24. The lowest BCUT2D eigenvalue weighted by atomic mass is 9.91. The molecule has 1 atom stereocenters. The van der Waals surface area contributed by atoms with Gasteiger partial charge >= 0.3 is 0 Å². The number of carbonyl (C=O) groups is 2. The lowest BCUT2D eigenvalue weighted by Crippen LogP contribution is -2.52. The van der Waals surface area contributed by atoms with E-state index in [2.05, 4.69) is 0 Å². The Morgan fingerprint density at radius 3 is 2.55 bits per heavy atom. The third kappa shape index (κ3) is 2.94. The summed E-state index contributed by atoms with van der Waals surface area (Å²) in [4.78, 5) is 25.3. The van der Waals surface area contributed by atoms with E-state index in [-0.39, 0.29) is 13.0 Å². The van der Waals surface area contributed by atoms with E-state index < -0.39 is 34.6 Å². The number of hydrogen-bond donors (Lipinski definition) is 1. The molecular formula is C15H18F2N2O3. The monoisotopic (exact) mass is 312 g/mol. The van der Waals surface area contributed by atoms with Crippen molar-refractivity contribution in [2.24, 2.45) is 5.73 Å². The molecule has 1 aliphatic heterocycles. The number of methoxy groups -OCH3 is 1. The first-order valence-corrected chi connectivity index (χ1v) is 6.94. The van der Waals surface area contributed by atoms with Gasteiger partial charge in [0.15, 0.2) is 0 Å². The Hall–Kier alpha value is -2.02. The average Bonchev–Trinajstić information content (AvgIpc) is 2.81. The van der Waals surface area contributed by atoms with Crippen molar-refractivity contribution in [3.05, 3.63) is 35.4 Å². The highest BCUT2D eigenvalue weighted by molar-refractivity contribution is 5.96. The first-order chi connectivity index (χ1) is 10.4. The summed E-state index contributed by atoms with van der Waals surface area (Å²) in [6.45, 7) is 0.376. The second-order valence-corrected chi connectivity index (χ2v) is 5.46. The number of likely N-dealkylation sites (tertiary alicyclic amines) is 1. The summed E-state index contributed by atoms with van der Waals surface area (Å²) in [5.41, 5.74) is 3.70. The second-order valence-electron chi connectivity index (χ2n) is 5.46. The number of rotatable bonds is 5. The molecule has 0 unspecified atom stereocenters. The maximum Gasteiger partial charge on any atom is 0.260 e. The van der Waals surface area contributed by atoms with E-state index in [0.717, 1.165) is 12.1 Å². The summed E-state index contributed by atoms with van der Waals surface area (Å²) < 4.78 is 32.8. The van der Waals surface area contributed by atoms with Gasteiger partial charge in [-0.15, -0.1) is 0 Å². The van der Waals surface area contributed by atoms with Crippen molar-refractivity contribution in [1.82, 2.24) is 4.90 Å². The van der Waals surface area contributed by atoms with Crippen LogP contribution in [-0.2, 0) is 9.53 Å². The Morgan fingerprint density at radius 2 is 2.00 bits per heavy atom. The highest BCUT2D eigenvalue weighted by Crippen LogP contribution is 2.34. The van der Waals surface area contributed by atoms with Gasteiger partial charge in [-0.05, 0) is 25.0 Å². The summed E-state index contributed by atoms with van der Waals surface area (Å²) in [7, 11) is 1.44. The number of nitrogens with two attached hydrogens (primary N) is 1. The smallest absolute Gasteiger partial charge is 0.260 e. The molecule has 0 aliphatic carbocycles. The summed E-state index contributed by atoms with van der Waals surface area (Å²) in [5, 5.41) is 0. The number of benzene rings is 1. The van der Waals surface area contributed by atoms with Crippen LogP contribution in [0.15, 0.2) is 18.2 Å². The highest BCUT2D eigenvalue weighted by atomic mass is 19.1.